The molecule has 0 aromatic heterocycles. The van der Waals surface area contributed by atoms with Gasteiger partial charge in [0.15, 0.2) is 0 Å². The molecule has 0 fully saturated rings. The van der Waals surface area contributed by atoms with E-state index in [0.717, 1.165) is 17.7 Å². The highest BCUT2D eigenvalue weighted by molar-refractivity contribution is 5.69. The van der Waals surface area contributed by atoms with Crippen LogP contribution in [0.3, 0.4) is 0 Å². The van der Waals surface area contributed by atoms with Crippen molar-refractivity contribution in [3.05, 3.63) is 84.1 Å². The van der Waals surface area contributed by atoms with Crippen molar-refractivity contribution >= 4 is 0 Å². The molecule has 0 saturated carbocycles. The van der Waals surface area contributed by atoms with Crippen molar-refractivity contribution in [2.75, 3.05) is 0 Å². The zero-order valence-corrected chi connectivity index (χ0v) is 11.3. The molecule has 0 heterocycles. The molecule has 4 N–H and O–H groups in total. The summed E-state index contributed by atoms with van der Waals surface area (Å²) in [5, 5.41) is 0. The molecule has 2 nitrogen and oxygen atoms in total. The third kappa shape index (κ3) is 2.26. The van der Waals surface area contributed by atoms with Crippen LogP contribution in [0.2, 0.25) is 0 Å². The van der Waals surface area contributed by atoms with Crippen LogP contribution >= 0.6 is 0 Å². The number of allylic oxidation sites excluding steroid dienone is 1. The van der Waals surface area contributed by atoms with E-state index in [4.69, 9.17) is 11.5 Å². The van der Waals surface area contributed by atoms with Gasteiger partial charge in [-0.1, -0.05) is 66.7 Å². The third-order valence-electron chi connectivity index (χ3n) is 3.76. The molecule has 100 valence electrons. The normalized spacial score (nSPS) is 21.6. The van der Waals surface area contributed by atoms with Gasteiger partial charge in [0, 0.05) is 5.70 Å². The summed E-state index contributed by atoms with van der Waals surface area (Å²) in [6.45, 7) is 0. The van der Waals surface area contributed by atoms with Crippen molar-refractivity contribution in [3.63, 3.8) is 0 Å². The number of hydrogen-bond donors (Lipinski definition) is 2. The first-order valence-electron chi connectivity index (χ1n) is 6.78. The number of rotatable bonds is 2. The molecule has 20 heavy (non-hydrogen) atoms. The molecule has 0 bridgehead atoms. The van der Waals surface area contributed by atoms with E-state index in [0.29, 0.717) is 0 Å². The molecule has 0 spiro atoms. The molecule has 0 amide bonds. The van der Waals surface area contributed by atoms with E-state index >= 15 is 0 Å². The van der Waals surface area contributed by atoms with Crippen molar-refractivity contribution < 1.29 is 0 Å². The minimum absolute atomic E-state index is 0.491. The van der Waals surface area contributed by atoms with Crippen LogP contribution < -0.4 is 11.5 Å². The number of benzene rings is 2. The van der Waals surface area contributed by atoms with E-state index in [1.165, 1.54) is 11.1 Å². The van der Waals surface area contributed by atoms with Gasteiger partial charge in [0.2, 0.25) is 0 Å². The Morgan fingerprint density at radius 1 is 0.900 bits per heavy atom. The topological polar surface area (TPSA) is 52.0 Å². The minimum atomic E-state index is -0.491. The summed E-state index contributed by atoms with van der Waals surface area (Å²) < 4.78 is 0. The number of hydrogen-bond acceptors (Lipinski definition) is 2. The van der Waals surface area contributed by atoms with E-state index in [1.54, 1.807) is 0 Å². The summed E-state index contributed by atoms with van der Waals surface area (Å²) in [5.41, 5.74) is 16.2. The van der Waals surface area contributed by atoms with Gasteiger partial charge in [-0.3, -0.25) is 0 Å². The first-order valence-corrected chi connectivity index (χ1v) is 6.78. The maximum absolute atomic E-state index is 6.59. The first kappa shape index (κ1) is 12.7. The smallest absolute Gasteiger partial charge is 0.0641 e. The van der Waals surface area contributed by atoms with Gasteiger partial charge < -0.3 is 11.5 Å². The molecule has 0 saturated heterocycles. The highest BCUT2D eigenvalue weighted by Gasteiger charge is 2.27. The molecule has 3 rings (SSSR count). The lowest BCUT2D eigenvalue weighted by Crippen LogP contribution is -2.36. The van der Waals surface area contributed by atoms with E-state index in [9.17, 15) is 0 Å². The van der Waals surface area contributed by atoms with Gasteiger partial charge in [0.1, 0.15) is 0 Å². The Morgan fingerprint density at radius 2 is 1.60 bits per heavy atom. The van der Waals surface area contributed by atoms with Gasteiger partial charge in [0.25, 0.3) is 0 Å². The second-order valence-corrected chi connectivity index (χ2v) is 5.19. The van der Waals surface area contributed by atoms with Gasteiger partial charge in [-0.05, 0) is 29.2 Å². The Balaban J connectivity index is 2.10. The average Bonchev–Trinajstić information content (AvgIpc) is 2.51. The van der Waals surface area contributed by atoms with Crippen LogP contribution in [0.4, 0.5) is 0 Å². The highest BCUT2D eigenvalue weighted by Crippen LogP contribution is 2.35. The predicted molar refractivity (Wildman–Crippen MR) is 83.8 cm³/mol. The monoisotopic (exact) mass is 262 g/mol. The van der Waals surface area contributed by atoms with Crippen molar-refractivity contribution in [3.8, 4) is 11.1 Å². The Bertz CT molecular complexity index is 671. The van der Waals surface area contributed by atoms with E-state index < -0.39 is 5.54 Å². The predicted octanol–water partition coefficient (Wildman–Crippen LogP) is 3.31. The summed E-state index contributed by atoms with van der Waals surface area (Å²) in [6.07, 6.45) is 6.61. The van der Waals surface area contributed by atoms with Gasteiger partial charge in [0.05, 0.1) is 5.54 Å². The molecule has 1 atom stereocenters. The standard InChI is InChI=1S/C18H18N2/c19-15-10-12-18(20,13-11-15)17-9-5-4-8-16(17)14-6-2-1-3-7-14/h1-12H,13,19-20H2. The van der Waals surface area contributed by atoms with Crippen LogP contribution in [-0.2, 0) is 5.54 Å². The first-order chi connectivity index (χ1) is 9.69. The van der Waals surface area contributed by atoms with Crippen LogP contribution in [0.5, 0.6) is 0 Å². The fourth-order valence-electron chi connectivity index (χ4n) is 2.63. The zero-order valence-electron chi connectivity index (χ0n) is 11.3. The lowest BCUT2D eigenvalue weighted by Gasteiger charge is -2.30. The zero-order chi connectivity index (χ0) is 14.0. The summed E-state index contributed by atoms with van der Waals surface area (Å²) in [5.74, 6) is 0. The fraction of sp³-hybridized carbons (Fsp3) is 0.111. The average molecular weight is 262 g/mol. The van der Waals surface area contributed by atoms with Crippen LogP contribution in [0.1, 0.15) is 12.0 Å². The molecule has 2 heteroatoms. The van der Waals surface area contributed by atoms with Crippen molar-refractivity contribution in [1.29, 1.82) is 0 Å². The Hall–Kier alpha value is -2.32. The third-order valence-corrected chi connectivity index (χ3v) is 3.76. The summed E-state index contributed by atoms with van der Waals surface area (Å²) in [4.78, 5) is 0. The molecular weight excluding hydrogens is 244 g/mol. The quantitative estimate of drug-likeness (QED) is 0.872. The Morgan fingerprint density at radius 3 is 2.30 bits per heavy atom. The van der Waals surface area contributed by atoms with Gasteiger partial charge in [-0.15, -0.1) is 0 Å². The fourth-order valence-corrected chi connectivity index (χ4v) is 2.63. The van der Waals surface area contributed by atoms with Crippen LogP contribution in [0, 0.1) is 0 Å². The molecule has 0 aliphatic heterocycles. The van der Waals surface area contributed by atoms with Crippen LogP contribution in [0.25, 0.3) is 11.1 Å². The van der Waals surface area contributed by atoms with E-state index in [1.807, 2.05) is 48.6 Å². The van der Waals surface area contributed by atoms with Gasteiger partial charge >= 0.3 is 0 Å². The molecule has 1 aliphatic carbocycles. The minimum Gasteiger partial charge on any atom is -0.399 e. The molecule has 0 radical (unpaired) electrons. The van der Waals surface area contributed by atoms with Crippen molar-refractivity contribution in [2.45, 2.75) is 12.0 Å². The molecular formula is C18H18N2. The van der Waals surface area contributed by atoms with Crippen LogP contribution in [-0.4, -0.2) is 0 Å². The Kier molecular flexibility index (Phi) is 3.17. The highest BCUT2D eigenvalue weighted by atomic mass is 14.7. The van der Waals surface area contributed by atoms with Crippen molar-refractivity contribution in [1.82, 2.24) is 0 Å². The largest absolute Gasteiger partial charge is 0.399 e. The summed E-state index contributed by atoms with van der Waals surface area (Å²) in [7, 11) is 0. The maximum atomic E-state index is 6.59. The summed E-state index contributed by atoms with van der Waals surface area (Å²) >= 11 is 0. The van der Waals surface area contributed by atoms with Gasteiger partial charge in [-0.2, -0.15) is 0 Å². The molecule has 1 unspecified atom stereocenters. The Labute approximate surface area is 119 Å². The maximum Gasteiger partial charge on any atom is 0.0641 e. The SMILES string of the molecule is NC1=CCC(N)(c2ccccc2-c2ccccc2)C=C1. The van der Waals surface area contributed by atoms with E-state index in [-0.39, 0.29) is 0 Å². The van der Waals surface area contributed by atoms with Crippen LogP contribution in [0.15, 0.2) is 78.5 Å². The second kappa shape index (κ2) is 4.99. The lowest BCUT2D eigenvalue weighted by atomic mass is 9.80. The second-order valence-electron chi connectivity index (χ2n) is 5.19. The molecule has 2 aromatic rings. The lowest BCUT2D eigenvalue weighted by molar-refractivity contribution is 0.563. The summed E-state index contributed by atoms with van der Waals surface area (Å²) in [6, 6.07) is 18.6. The molecule has 2 aromatic carbocycles. The molecule has 1 aliphatic rings. The van der Waals surface area contributed by atoms with E-state index in [2.05, 4.69) is 24.3 Å². The van der Waals surface area contributed by atoms with Gasteiger partial charge in [-0.25, -0.2) is 0 Å². The number of nitrogens with two attached hydrogens (primary N) is 2. The van der Waals surface area contributed by atoms with Crippen molar-refractivity contribution in [2.24, 2.45) is 11.5 Å².